The second-order valence-electron chi connectivity index (χ2n) is 2.56. The smallest absolute Gasteiger partial charge is 0.214 e. The molecule has 1 aromatic rings. The molecule has 0 spiro atoms. The Bertz CT molecular complexity index is 314. The van der Waals surface area contributed by atoms with Crippen molar-refractivity contribution in [2.75, 3.05) is 7.11 Å². The Morgan fingerprint density at radius 2 is 2.42 bits per heavy atom. The Kier molecular flexibility index (Phi) is 1.90. The van der Waals surface area contributed by atoms with Gasteiger partial charge in [-0.1, -0.05) is 11.6 Å². The van der Waals surface area contributed by atoms with Crippen LogP contribution in [0.15, 0.2) is 6.07 Å². The average Bonchev–Trinajstić information content (AvgIpc) is 2.52. The summed E-state index contributed by atoms with van der Waals surface area (Å²) in [6.07, 6.45) is 0. The van der Waals surface area contributed by atoms with E-state index in [1.165, 1.54) is 0 Å². The largest absolute Gasteiger partial charge is 0.481 e. The van der Waals surface area contributed by atoms with E-state index >= 15 is 0 Å². The zero-order valence-corrected chi connectivity index (χ0v) is 7.39. The van der Waals surface area contributed by atoms with E-state index < -0.39 is 0 Å². The van der Waals surface area contributed by atoms with Crippen LogP contribution in [0.25, 0.3) is 0 Å². The summed E-state index contributed by atoms with van der Waals surface area (Å²) in [5, 5.41) is 0.675. The number of ether oxygens (including phenoxy) is 2. The van der Waals surface area contributed by atoms with Crippen molar-refractivity contribution >= 4 is 11.6 Å². The van der Waals surface area contributed by atoms with Crippen LogP contribution in [0.3, 0.4) is 0 Å². The number of pyridine rings is 1. The van der Waals surface area contributed by atoms with Crippen LogP contribution in [0.1, 0.15) is 11.3 Å². The predicted molar refractivity (Wildman–Crippen MR) is 44.3 cm³/mol. The van der Waals surface area contributed by atoms with E-state index in [9.17, 15) is 0 Å². The molecule has 0 aliphatic carbocycles. The number of rotatable bonds is 1. The molecule has 12 heavy (non-hydrogen) atoms. The fraction of sp³-hybridized carbons (Fsp3) is 0.375. The first-order chi connectivity index (χ1) is 5.81. The first kappa shape index (κ1) is 7.83. The van der Waals surface area contributed by atoms with E-state index in [1.54, 1.807) is 13.2 Å². The van der Waals surface area contributed by atoms with Gasteiger partial charge in [0.25, 0.3) is 0 Å². The Morgan fingerprint density at radius 1 is 1.58 bits per heavy atom. The molecule has 2 rings (SSSR count). The number of nitrogens with zero attached hydrogens (tertiary/aromatic N) is 1. The van der Waals surface area contributed by atoms with Gasteiger partial charge in [0.05, 0.1) is 31.0 Å². The van der Waals surface area contributed by atoms with E-state index in [1.807, 2.05) is 0 Å². The molecular weight excluding hydrogens is 178 g/mol. The quantitative estimate of drug-likeness (QED) is 0.668. The number of hydrogen-bond donors (Lipinski definition) is 0. The van der Waals surface area contributed by atoms with Crippen LogP contribution in [0, 0.1) is 0 Å². The molecule has 0 bridgehead atoms. The minimum absolute atomic E-state index is 0.534. The van der Waals surface area contributed by atoms with Crippen molar-refractivity contribution in [1.82, 2.24) is 4.98 Å². The summed E-state index contributed by atoms with van der Waals surface area (Å²) in [4.78, 5) is 4.20. The molecule has 2 heterocycles. The fourth-order valence-corrected chi connectivity index (χ4v) is 1.45. The summed E-state index contributed by atoms with van der Waals surface area (Å²) in [6, 6.07) is 1.70. The van der Waals surface area contributed by atoms with Gasteiger partial charge in [-0.25, -0.2) is 4.98 Å². The molecule has 0 atom stereocenters. The van der Waals surface area contributed by atoms with Gasteiger partial charge in [-0.15, -0.1) is 0 Å². The van der Waals surface area contributed by atoms with Crippen LogP contribution in [0.4, 0.5) is 0 Å². The molecule has 0 fully saturated rings. The van der Waals surface area contributed by atoms with Gasteiger partial charge in [0.1, 0.15) is 0 Å². The molecule has 1 aromatic heterocycles. The number of hydrogen-bond acceptors (Lipinski definition) is 3. The van der Waals surface area contributed by atoms with Gasteiger partial charge in [-0.2, -0.15) is 0 Å². The van der Waals surface area contributed by atoms with Crippen molar-refractivity contribution in [2.24, 2.45) is 0 Å². The third-order valence-corrected chi connectivity index (χ3v) is 2.16. The first-order valence-electron chi connectivity index (χ1n) is 3.61. The summed E-state index contributed by atoms with van der Waals surface area (Å²) >= 11 is 5.95. The summed E-state index contributed by atoms with van der Waals surface area (Å²) < 4.78 is 10.2. The molecule has 0 unspecified atom stereocenters. The normalized spacial score (nSPS) is 14.5. The second-order valence-corrected chi connectivity index (χ2v) is 2.97. The molecule has 0 N–H and O–H groups in total. The SMILES string of the molecule is COc1cc(Cl)c2c(n1)COC2. The van der Waals surface area contributed by atoms with Gasteiger partial charge >= 0.3 is 0 Å². The Labute approximate surface area is 75.3 Å². The van der Waals surface area contributed by atoms with Crippen molar-refractivity contribution < 1.29 is 9.47 Å². The molecule has 0 saturated carbocycles. The van der Waals surface area contributed by atoms with Crippen LogP contribution in [-0.2, 0) is 18.0 Å². The van der Waals surface area contributed by atoms with E-state index in [0.717, 1.165) is 11.3 Å². The maximum absolute atomic E-state index is 5.95. The molecule has 0 radical (unpaired) electrons. The van der Waals surface area contributed by atoms with E-state index in [-0.39, 0.29) is 0 Å². The topological polar surface area (TPSA) is 31.4 Å². The summed E-state index contributed by atoms with van der Waals surface area (Å²) in [7, 11) is 1.57. The highest BCUT2D eigenvalue weighted by molar-refractivity contribution is 6.31. The third-order valence-electron chi connectivity index (χ3n) is 1.83. The van der Waals surface area contributed by atoms with Gasteiger partial charge in [-0.05, 0) is 0 Å². The van der Waals surface area contributed by atoms with Gasteiger partial charge in [0.2, 0.25) is 5.88 Å². The molecular formula is C8H8ClNO2. The standard InChI is InChI=1S/C8H8ClNO2/c1-11-8-2-6(9)5-3-12-4-7(5)10-8/h2H,3-4H2,1H3. The van der Waals surface area contributed by atoms with Gasteiger partial charge in [-0.3, -0.25) is 0 Å². The lowest BCUT2D eigenvalue weighted by Crippen LogP contribution is -1.93. The molecule has 0 saturated heterocycles. The fourth-order valence-electron chi connectivity index (χ4n) is 1.19. The van der Waals surface area contributed by atoms with Crippen LogP contribution >= 0.6 is 11.6 Å². The summed E-state index contributed by atoms with van der Waals surface area (Å²) in [5.41, 5.74) is 1.87. The van der Waals surface area contributed by atoms with Crippen molar-refractivity contribution in [2.45, 2.75) is 13.2 Å². The summed E-state index contributed by atoms with van der Waals surface area (Å²) in [6.45, 7) is 1.09. The molecule has 0 amide bonds. The van der Waals surface area contributed by atoms with Crippen molar-refractivity contribution in [1.29, 1.82) is 0 Å². The minimum Gasteiger partial charge on any atom is -0.481 e. The minimum atomic E-state index is 0.534. The summed E-state index contributed by atoms with van der Waals surface area (Å²) in [5.74, 6) is 0.546. The number of halogens is 1. The van der Waals surface area contributed by atoms with E-state index in [0.29, 0.717) is 24.1 Å². The Morgan fingerprint density at radius 3 is 3.17 bits per heavy atom. The maximum atomic E-state index is 5.95. The zero-order chi connectivity index (χ0) is 8.55. The van der Waals surface area contributed by atoms with Gasteiger partial charge in [0, 0.05) is 11.6 Å². The maximum Gasteiger partial charge on any atom is 0.214 e. The monoisotopic (exact) mass is 185 g/mol. The highest BCUT2D eigenvalue weighted by Crippen LogP contribution is 2.28. The number of aromatic nitrogens is 1. The van der Waals surface area contributed by atoms with Crippen molar-refractivity contribution in [3.05, 3.63) is 22.3 Å². The molecule has 1 aliphatic rings. The zero-order valence-electron chi connectivity index (χ0n) is 6.63. The highest BCUT2D eigenvalue weighted by Gasteiger charge is 2.17. The van der Waals surface area contributed by atoms with Gasteiger partial charge in [0.15, 0.2) is 0 Å². The first-order valence-corrected chi connectivity index (χ1v) is 3.99. The average molecular weight is 186 g/mol. The second kappa shape index (κ2) is 2.92. The molecule has 1 aliphatic heterocycles. The van der Waals surface area contributed by atoms with Gasteiger partial charge < -0.3 is 9.47 Å². The lowest BCUT2D eigenvalue weighted by atomic mass is 10.2. The Hall–Kier alpha value is -0.800. The lowest BCUT2D eigenvalue weighted by molar-refractivity contribution is 0.133. The third kappa shape index (κ3) is 1.15. The van der Waals surface area contributed by atoms with Crippen LogP contribution in [0.2, 0.25) is 5.02 Å². The predicted octanol–water partition coefficient (Wildman–Crippen LogP) is 1.77. The van der Waals surface area contributed by atoms with E-state index in [4.69, 9.17) is 21.1 Å². The number of methoxy groups -OCH3 is 1. The molecule has 3 nitrogen and oxygen atoms in total. The van der Waals surface area contributed by atoms with Crippen LogP contribution in [0.5, 0.6) is 5.88 Å². The van der Waals surface area contributed by atoms with Crippen LogP contribution in [-0.4, -0.2) is 12.1 Å². The lowest BCUT2D eigenvalue weighted by Gasteiger charge is -2.02. The molecule has 0 aromatic carbocycles. The van der Waals surface area contributed by atoms with E-state index in [2.05, 4.69) is 4.98 Å². The highest BCUT2D eigenvalue weighted by atomic mass is 35.5. The molecule has 64 valence electrons. The van der Waals surface area contributed by atoms with Crippen molar-refractivity contribution in [3.8, 4) is 5.88 Å². The number of fused-ring (bicyclic) bond motifs is 1. The van der Waals surface area contributed by atoms with Crippen LogP contribution < -0.4 is 4.74 Å². The van der Waals surface area contributed by atoms with Crippen molar-refractivity contribution in [3.63, 3.8) is 0 Å². The molecule has 4 heteroatoms. The Balaban J connectivity index is 2.51.